The third-order valence-electron chi connectivity index (χ3n) is 6.47. The lowest BCUT2D eigenvalue weighted by Gasteiger charge is -2.57. The zero-order chi connectivity index (χ0) is 12.7. The molecule has 0 amide bonds. The fourth-order valence-corrected chi connectivity index (χ4v) is 6.17. The number of hydrogen-bond acceptors (Lipinski definition) is 1. The van der Waals surface area contributed by atoms with Crippen LogP contribution in [0.25, 0.3) is 0 Å². The molecule has 4 aliphatic carbocycles. The highest BCUT2D eigenvalue weighted by Gasteiger charge is 2.50. The average Bonchev–Trinajstić information content (AvgIpc) is 2.38. The predicted molar refractivity (Wildman–Crippen MR) is 80.0 cm³/mol. The number of nitrogens with one attached hydrogen (secondary N) is 1. The average molecular weight is 259 g/mol. The van der Waals surface area contributed by atoms with Crippen molar-refractivity contribution in [3.8, 4) is 0 Å². The molecule has 4 bridgehead atoms. The lowest BCUT2D eigenvalue weighted by Crippen LogP contribution is -2.46. The van der Waals surface area contributed by atoms with Crippen LogP contribution in [-0.2, 0) is 0 Å². The molecule has 1 unspecified atom stereocenters. The van der Waals surface area contributed by atoms with Crippen LogP contribution >= 0.6 is 0 Å². The maximum atomic E-state index is 3.64. The van der Waals surface area contributed by atoms with E-state index in [-0.39, 0.29) is 0 Å². The van der Waals surface area contributed by atoms with Gasteiger partial charge in [-0.05, 0) is 87.5 Å². The molecular formula is C18H29N. The Bertz CT molecular complexity index is 321. The Labute approximate surface area is 118 Å². The summed E-state index contributed by atoms with van der Waals surface area (Å²) in [5.74, 6) is 3.37. The largest absolute Gasteiger partial charge is 0.310 e. The second kappa shape index (κ2) is 4.91. The summed E-state index contributed by atoms with van der Waals surface area (Å²) in [7, 11) is 0. The van der Waals surface area contributed by atoms with E-state index in [0.29, 0.717) is 6.04 Å². The van der Waals surface area contributed by atoms with Gasteiger partial charge in [-0.25, -0.2) is 0 Å². The van der Waals surface area contributed by atoms with Crippen molar-refractivity contribution in [2.24, 2.45) is 23.2 Å². The van der Waals surface area contributed by atoms with Crippen molar-refractivity contribution in [1.82, 2.24) is 5.32 Å². The lowest BCUT2D eigenvalue weighted by molar-refractivity contribution is -0.0584. The molecule has 1 heterocycles. The van der Waals surface area contributed by atoms with E-state index in [1.807, 2.05) is 0 Å². The molecule has 1 N–H and O–H groups in total. The van der Waals surface area contributed by atoms with Gasteiger partial charge in [-0.15, -0.1) is 0 Å². The molecule has 0 aromatic rings. The van der Waals surface area contributed by atoms with Crippen LogP contribution in [0, 0.1) is 23.2 Å². The molecule has 1 aliphatic heterocycles. The van der Waals surface area contributed by atoms with Crippen LogP contribution in [0.5, 0.6) is 0 Å². The van der Waals surface area contributed by atoms with E-state index in [1.54, 1.807) is 38.5 Å². The molecule has 4 saturated carbocycles. The molecule has 5 rings (SSSR count). The van der Waals surface area contributed by atoms with Crippen molar-refractivity contribution in [2.75, 3.05) is 6.54 Å². The molecule has 0 aromatic carbocycles. The van der Waals surface area contributed by atoms with Gasteiger partial charge < -0.3 is 5.32 Å². The number of hydrogen-bond donors (Lipinski definition) is 1. The van der Waals surface area contributed by atoms with Crippen LogP contribution in [-0.4, -0.2) is 12.6 Å². The van der Waals surface area contributed by atoms with E-state index in [9.17, 15) is 0 Å². The Morgan fingerprint density at radius 2 is 1.68 bits per heavy atom. The summed E-state index contributed by atoms with van der Waals surface area (Å²) in [6, 6.07) is 0.683. The fraction of sp³-hybridized carbons (Fsp3) is 0.889. The lowest BCUT2D eigenvalue weighted by atomic mass is 9.48. The minimum absolute atomic E-state index is 0.683. The second-order valence-corrected chi connectivity index (χ2v) is 8.09. The Kier molecular flexibility index (Phi) is 3.22. The van der Waals surface area contributed by atoms with Crippen molar-refractivity contribution in [3.05, 3.63) is 12.2 Å². The van der Waals surface area contributed by atoms with Gasteiger partial charge in [0.1, 0.15) is 0 Å². The molecular weight excluding hydrogens is 230 g/mol. The van der Waals surface area contributed by atoms with Gasteiger partial charge in [0, 0.05) is 6.04 Å². The fourth-order valence-electron chi connectivity index (χ4n) is 6.17. The Morgan fingerprint density at radius 3 is 2.26 bits per heavy atom. The van der Waals surface area contributed by atoms with Crippen LogP contribution in [0.1, 0.15) is 64.2 Å². The summed E-state index contributed by atoms with van der Waals surface area (Å²) >= 11 is 0. The standard InChI is InChI=1S/C18H29N/c1-2-7-19-17(4-1)5-3-6-18-11-14-8-15(12-18)10-16(9-14)13-18/h1,4,14-17,19H,2-3,5-13H2. The summed E-state index contributed by atoms with van der Waals surface area (Å²) in [6.45, 7) is 1.19. The van der Waals surface area contributed by atoms with Crippen molar-refractivity contribution >= 4 is 0 Å². The highest BCUT2D eigenvalue weighted by Crippen LogP contribution is 2.61. The highest BCUT2D eigenvalue weighted by atomic mass is 14.9. The zero-order valence-corrected chi connectivity index (χ0v) is 12.2. The van der Waals surface area contributed by atoms with Gasteiger partial charge in [0.05, 0.1) is 0 Å². The summed E-state index contributed by atoms with van der Waals surface area (Å²) < 4.78 is 0. The maximum Gasteiger partial charge on any atom is 0.0250 e. The molecule has 1 heteroatoms. The van der Waals surface area contributed by atoms with Crippen molar-refractivity contribution in [2.45, 2.75) is 70.3 Å². The van der Waals surface area contributed by atoms with Gasteiger partial charge in [0.25, 0.3) is 0 Å². The van der Waals surface area contributed by atoms with Gasteiger partial charge in [0.15, 0.2) is 0 Å². The van der Waals surface area contributed by atoms with Gasteiger partial charge in [-0.3, -0.25) is 0 Å². The Morgan fingerprint density at radius 1 is 1.00 bits per heavy atom. The smallest absolute Gasteiger partial charge is 0.0250 e. The first-order valence-electron chi connectivity index (χ1n) is 8.71. The SMILES string of the molecule is C1=CC(CCCC23CC4CC(CC(C4)C2)C3)NCC1. The summed E-state index contributed by atoms with van der Waals surface area (Å²) in [5.41, 5.74) is 0.799. The molecule has 106 valence electrons. The minimum atomic E-state index is 0.683. The molecule has 4 fully saturated rings. The van der Waals surface area contributed by atoms with Crippen molar-refractivity contribution in [3.63, 3.8) is 0 Å². The third kappa shape index (κ3) is 2.51. The van der Waals surface area contributed by atoms with Gasteiger partial charge >= 0.3 is 0 Å². The van der Waals surface area contributed by atoms with Gasteiger partial charge in [-0.1, -0.05) is 18.6 Å². The minimum Gasteiger partial charge on any atom is -0.310 e. The normalized spacial score (nSPS) is 47.8. The second-order valence-electron chi connectivity index (χ2n) is 8.09. The van der Waals surface area contributed by atoms with Crippen LogP contribution in [0.3, 0.4) is 0 Å². The molecule has 5 aliphatic rings. The van der Waals surface area contributed by atoms with E-state index >= 15 is 0 Å². The molecule has 0 saturated heterocycles. The van der Waals surface area contributed by atoms with Crippen LogP contribution in [0.15, 0.2) is 12.2 Å². The first kappa shape index (κ1) is 12.4. The van der Waals surface area contributed by atoms with Crippen LogP contribution < -0.4 is 5.32 Å². The molecule has 0 spiro atoms. The summed E-state index contributed by atoms with van der Waals surface area (Å²) in [6.07, 6.45) is 19.9. The molecule has 19 heavy (non-hydrogen) atoms. The summed E-state index contributed by atoms with van der Waals surface area (Å²) in [4.78, 5) is 0. The first-order valence-corrected chi connectivity index (χ1v) is 8.71. The van der Waals surface area contributed by atoms with Gasteiger partial charge in [-0.2, -0.15) is 0 Å². The molecule has 0 aromatic heterocycles. The van der Waals surface area contributed by atoms with E-state index < -0.39 is 0 Å². The van der Waals surface area contributed by atoms with Crippen LogP contribution in [0.4, 0.5) is 0 Å². The van der Waals surface area contributed by atoms with Crippen molar-refractivity contribution in [1.29, 1.82) is 0 Å². The first-order chi connectivity index (χ1) is 9.31. The van der Waals surface area contributed by atoms with Crippen molar-refractivity contribution < 1.29 is 0 Å². The predicted octanol–water partition coefficient (Wildman–Crippen LogP) is 4.29. The quantitative estimate of drug-likeness (QED) is 0.743. The molecule has 1 nitrogen and oxygen atoms in total. The van der Waals surface area contributed by atoms with Gasteiger partial charge in [0.2, 0.25) is 0 Å². The zero-order valence-electron chi connectivity index (χ0n) is 12.2. The third-order valence-corrected chi connectivity index (χ3v) is 6.47. The van der Waals surface area contributed by atoms with E-state index in [4.69, 9.17) is 0 Å². The molecule has 0 radical (unpaired) electrons. The highest BCUT2D eigenvalue weighted by molar-refractivity contribution is 5.02. The monoisotopic (exact) mass is 259 g/mol. The van der Waals surface area contributed by atoms with E-state index in [2.05, 4.69) is 17.5 Å². The topological polar surface area (TPSA) is 12.0 Å². The van der Waals surface area contributed by atoms with Crippen LogP contribution in [0.2, 0.25) is 0 Å². The van der Waals surface area contributed by atoms with E-state index in [0.717, 1.165) is 23.2 Å². The summed E-state index contributed by atoms with van der Waals surface area (Å²) in [5, 5.41) is 3.64. The Balaban J connectivity index is 1.32. The van der Waals surface area contributed by atoms with E-state index in [1.165, 1.54) is 32.2 Å². The maximum absolute atomic E-state index is 3.64. The molecule has 1 atom stereocenters. The number of rotatable bonds is 4. The Hall–Kier alpha value is -0.300.